The highest BCUT2D eigenvalue weighted by Gasteiger charge is 2.38. The highest BCUT2D eigenvalue weighted by atomic mass is 19.4. The van der Waals surface area contributed by atoms with Gasteiger partial charge in [-0.05, 0) is 19.9 Å². The van der Waals surface area contributed by atoms with Crippen molar-refractivity contribution in [1.29, 1.82) is 0 Å². The van der Waals surface area contributed by atoms with Gasteiger partial charge >= 0.3 is 12.1 Å². The molecule has 0 aliphatic carbocycles. The van der Waals surface area contributed by atoms with Gasteiger partial charge in [0.2, 0.25) is 0 Å². The number of aryl methyl sites for hydroxylation is 1. The van der Waals surface area contributed by atoms with Crippen LogP contribution in [0.1, 0.15) is 23.0 Å². The molecule has 1 saturated heterocycles. The number of hydrogen-bond acceptors (Lipinski definition) is 5. The Morgan fingerprint density at radius 2 is 1.88 bits per heavy atom. The van der Waals surface area contributed by atoms with E-state index in [9.17, 15) is 18.0 Å². The van der Waals surface area contributed by atoms with Gasteiger partial charge in [0.25, 0.3) is 5.91 Å². The molecule has 2 rings (SSSR count). The average Bonchev–Trinajstić information content (AvgIpc) is 3.00. The van der Waals surface area contributed by atoms with Crippen molar-refractivity contribution in [2.45, 2.75) is 26.1 Å². The van der Waals surface area contributed by atoms with E-state index in [1.165, 1.54) is 0 Å². The number of aliphatic carboxylic acids is 1. The summed E-state index contributed by atoms with van der Waals surface area (Å²) in [7, 11) is 1.84. The lowest BCUT2D eigenvalue weighted by molar-refractivity contribution is -0.192. The minimum Gasteiger partial charge on any atom is -0.475 e. The van der Waals surface area contributed by atoms with Crippen molar-refractivity contribution in [3.63, 3.8) is 0 Å². The molecular formula is C16H23F3N2O5. The molecule has 1 unspecified atom stereocenters. The minimum absolute atomic E-state index is 0.0198. The van der Waals surface area contributed by atoms with E-state index >= 15 is 0 Å². The fourth-order valence-electron chi connectivity index (χ4n) is 2.43. The molecule has 26 heavy (non-hydrogen) atoms. The summed E-state index contributed by atoms with van der Waals surface area (Å²) in [6.45, 7) is 8.11. The number of hydrogen-bond donors (Lipinski definition) is 1. The lowest BCUT2D eigenvalue weighted by atomic mass is 10.2. The number of furan rings is 1. The summed E-state index contributed by atoms with van der Waals surface area (Å²) in [6, 6.07) is 2.07. The molecule has 0 bridgehead atoms. The van der Waals surface area contributed by atoms with Crippen molar-refractivity contribution in [2.75, 3.05) is 39.9 Å². The van der Waals surface area contributed by atoms with Crippen LogP contribution in [0.25, 0.3) is 0 Å². The smallest absolute Gasteiger partial charge is 0.475 e. The van der Waals surface area contributed by atoms with Gasteiger partial charge < -0.3 is 19.2 Å². The van der Waals surface area contributed by atoms with Crippen molar-refractivity contribution >= 4 is 11.9 Å². The second-order valence-electron chi connectivity index (χ2n) is 5.88. The average molecular weight is 380 g/mol. The Kier molecular flexibility index (Phi) is 8.09. The summed E-state index contributed by atoms with van der Waals surface area (Å²) >= 11 is 0. The first-order valence-electron chi connectivity index (χ1n) is 7.95. The quantitative estimate of drug-likeness (QED) is 0.861. The van der Waals surface area contributed by atoms with Crippen LogP contribution in [0, 0.1) is 6.92 Å². The van der Waals surface area contributed by atoms with E-state index in [2.05, 4.69) is 11.8 Å². The Morgan fingerprint density at radius 1 is 1.35 bits per heavy atom. The first-order chi connectivity index (χ1) is 12.0. The molecule has 1 N–H and O–H groups in total. The van der Waals surface area contributed by atoms with Crippen LogP contribution in [-0.2, 0) is 9.53 Å². The number of halogens is 3. The van der Waals surface area contributed by atoms with Gasteiger partial charge in [-0.15, -0.1) is 0 Å². The second-order valence-corrected chi connectivity index (χ2v) is 5.88. The van der Waals surface area contributed by atoms with Gasteiger partial charge in [-0.2, -0.15) is 13.2 Å². The predicted molar refractivity (Wildman–Crippen MR) is 86.0 cm³/mol. The number of ether oxygens (including phenoxy) is 1. The molecule has 0 radical (unpaired) electrons. The molecule has 1 amide bonds. The maximum absolute atomic E-state index is 12.3. The molecule has 0 saturated carbocycles. The third-order valence-electron chi connectivity index (χ3n) is 3.89. The van der Waals surface area contributed by atoms with Crippen LogP contribution >= 0.6 is 0 Å². The zero-order valence-electron chi connectivity index (χ0n) is 14.9. The highest BCUT2D eigenvalue weighted by molar-refractivity contribution is 5.94. The predicted octanol–water partition coefficient (Wildman–Crippen LogP) is 2.01. The van der Waals surface area contributed by atoms with Crippen LogP contribution in [0.5, 0.6) is 0 Å². The molecule has 148 valence electrons. The summed E-state index contributed by atoms with van der Waals surface area (Å²) < 4.78 is 42.3. The largest absolute Gasteiger partial charge is 0.490 e. The Balaban J connectivity index is 0.000000412. The van der Waals surface area contributed by atoms with Crippen molar-refractivity contribution in [3.05, 3.63) is 23.7 Å². The number of carboxylic acids is 1. The summed E-state index contributed by atoms with van der Waals surface area (Å²) in [5.74, 6) is -2.06. The molecule has 1 aromatic rings. The van der Waals surface area contributed by atoms with E-state index in [1.54, 1.807) is 17.2 Å². The number of amides is 1. The Morgan fingerprint density at radius 3 is 2.31 bits per heavy atom. The normalized spacial score (nSPS) is 16.4. The van der Waals surface area contributed by atoms with E-state index in [0.717, 1.165) is 26.3 Å². The number of carbonyl (C=O) groups excluding carboxylic acids is 1. The Hall–Kier alpha value is -2.07. The van der Waals surface area contributed by atoms with Crippen molar-refractivity contribution in [2.24, 2.45) is 0 Å². The molecular weight excluding hydrogens is 357 g/mol. The summed E-state index contributed by atoms with van der Waals surface area (Å²) in [6.07, 6.45) is -3.53. The number of morpholine rings is 1. The molecule has 2 heterocycles. The van der Waals surface area contributed by atoms with Crippen molar-refractivity contribution in [1.82, 2.24) is 9.80 Å². The molecule has 0 spiro atoms. The fourth-order valence-corrected chi connectivity index (χ4v) is 2.43. The number of likely N-dealkylation sites (N-methyl/N-ethyl adjacent to an activating group) is 1. The SMILES string of the molecule is Cc1occc1C(=O)N(C)CC(C)N1CCOCC1.O=C(O)C(F)(F)F. The molecule has 1 atom stereocenters. The molecule has 1 aliphatic heterocycles. The summed E-state index contributed by atoms with van der Waals surface area (Å²) in [5, 5.41) is 7.12. The van der Waals surface area contributed by atoms with Gasteiger partial charge in [-0.3, -0.25) is 9.69 Å². The zero-order chi connectivity index (χ0) is 19.9. The molecule has 7 nitrogen and oxygen atoms in total. The topological polar surface area (TPSA) is 83.2 Å². The molecule has 0 aromatic carbocycles. The lowest BCUT2D eigenvalue weighted by Crippen LogP contribution is -2.47. The monoisotopic (exact) mass is 380 g/mol. The molecule has 1 aliphatic rings. The molecule has 10 heteroatoms. The third-order valence-corrected chi connectivity index (χ3v) is 3.89. The summed E-state index contributed by atoms with van der Waals surface area (Å²) in [5.41, 5.74) is 0.650. The van der Waals surface area contributed by atoms with Crippen LogP contribution in [0.3, 0.4) is 0 Å². The van der Waals surface area contributed by atoms with E-state index < -0.39 is 12.1 Å². The molecule has 1 fully saturated rings. The van der Waals surface area contributed by atoms with E-state index in [1.807, 2.05) is 14.0 Å². The number of carboxylic acid groups (broad SMARTS) is 1. The van der Waals surface area contributed by atoms with Crippen LogP contribution in [0.2, 0.25) is 0 Å². The molecule has 1 aromatic heterocycles. The maximum atomic E-state index is 12.3. The zero-order valence-corrected chi connectivity index (χ0v) is 14.9. The van der Waals surface area contributed by atoms with Gasteiger partial charge in [-0.1, -0.05) is 0 Å². The lowest BCUT2D eigenvalue weighted by Gasteiger charge is -2.34. The first-order valence-corrected chi connectivity index (χ1v) is 7.95. The van der Waals surface area contributed by atoms with Crippen LogP contribution in [0.15, 0.2) is 16.7 Å². The standard InChI is InChI=1S/C14H22N2O3.C2HF3O2/c1-11(16-5-8-18-9-6-16)10-15(3)14(17)13-4-7-19-12(13)2;3-2(4,5)1(6)7/h4,7,11H,5-6,8-10H2,1-3H3;(H,6,7). The van der Waals surface area contributed by atoms with Crippen LogP contribution in [-0.4, -0.2) is 78.9 Å². The van der Waals surface area contributed by atoms with Gasteiger partial charge in [0.05, 0.1) is 25.0 Å². The van der Waals surface area contributed by atoms with E-state index in [4.69, 9.17) is 19.1 Å². The Labute approximate surface area is 149 Å². The van der Waals surface area contributed by atoms with E-state index in [-0.39, 0.29) is 5.91 Å². The minimum atomic E-state index is -5.08. The van der Waals surface area contributed by atoms with Crippen LogP contribution < -0.4 is 0 Å². The number of alkyl halides is 3. The highest BCUT2D eigenvalue weighted by Crippen LogP contribution is 2.13. The third kappa shape index (κ3) is 6.68. The Bertz CT molecular complexity index is 597. The van der Waals surface area contributed by atoms with Gasteiger partial charge in [-0.25, -0.2) is 4.79 Å². The van der Waals surface area contributed by atoms with Gasteiger partial charge in [0, 0.05) is 32.7 Å². The first kappa shape index (κ1) is 22.0. The maximum Gasteiger partial charge on any atom is 0.490 e. The number of carbonyl (C=O) groups is 2. The van der Waals surface area contributed by atoms with Gasteiger partial charge in [0.15, 0.2) is 0 Å². The number of rotatable bonds is 4. The van der Waals surface area contributed by atoms with Crippen LogP contribution in [0.4, 0.5) is 13.2 Å². The van der Waals surface area contributed by atoms with E-state index in [0.29, 0.717) is 23.9 Å². The van der Waals surface area contributed by atoms with Gasteiger partial charge in [0.1, 0.15) is 5.76 Å². The second kappa shape index (κ2) is 9.58. The fraction of sp³-hybridized carbons (Fsp3) is 0.625. The van der Waals surface area contributed by atoms with Crippen molar-refractivity contribution in [3.8, 4) is 0 Å². The number of nitrogens with zero attached hydrogens (tertiary/aromatic N) is 2. The summed E-state index contributed by atoms with van der Waals surface area (Å²) in [4.78, 5) is 25.3. The van der Waals surface area contributed by atoms with Crippen molar-refractivity contribution < 1.29 is 37.0 Å².